The Bertz CT molecular complexity index is 545. The molecule has 1 aromatic rings. The van der Waals surface area contributed by atoms with Crippen molar-refractivity contribution in [1.29, 1.82) is 0 Å². The van der Waals surface area contributed by atoms with Crippen LogP contribution in [0.4, 0.5) is 0 Å². The lowest BCUT2D eigenvalue weighted by Crippen LogP contribution is -2.60. The van der Waals surface area contributed by atoms with Gasteiger partial charge in [0.15, 0.2) is 0 Å². The zero-order valence-corrected chi connectivity index (χ0v) is 14.9. The Balaban J connectivity index is 1.92. The Morgan fingerprint density at radius 2 is 1.92 bits per heavy atom. The van der Waals surface area contributed by atoms with Crippen molar-refractivity contribution in [1.82, 2.24) is 9.80 Å². The third-order valence-electron chi connectivity index (χ3n) is 4.25. The van der Waals surface area contributed by atoms with Gasteiger partial charge in [0.25, 0.3) is 0 Å². The summed E-state index contributed by atoms with van der Waals surface area (Å²) in [6.45, 7) is 7.97. The van der Waals surface area contributed by atoms with Crippen LogP contribution in [0.25, 0.3) is 0 Å². The number of amides is 2. The van der Waals surface area contributed by atoms with Gasteiger partial charge in [0.2, 0.25) is 11.8 Å². The van der Waals surface area contributed by atoms with Crippen molar-refractivity contribution in [2.24, 2.45) is 5.92 Å². The van der Waals surface area contributed by atoms with E-state index in [9.17, 15) is 9.59 Å². The first-order valence-electron chi connectivity index (χ1n) is 8.79. The number of hydrogen-bond donors (Lipinski definition) is 0. The number of piperazine rings is 1. The highest BCUT2D eigenvalue weighted by Gasteiger charge is 2.38. The summed E-state index contributed by atoms with van der Waals surface area (Å²) in [5, 5.41) is 0. The topological polar surface area (TPSA) is 49.9 Å². The molecule has 0 aromatic heterocycles. The maximum absolute atomic E-state index is 12.6. The zero-order chi connectivity index (χ0) is 17.5. The van der Waals surface area contributed by atoms with E-state index in [0.29, 0.717) is 38.5 Å². The molecule has 1 fully saturated rings. The van der Waals surface area contributed by atoms with E-state index >= 15 is 0 Å². The molecular weight excluding hydrogens is 304 g/mol. The molecule has 0 saturated carbocycles. The molecule has 0 bridgehead atoms. The van der Waals surface area contributed by atoms with E-state index in [4.69, 9.17) is 4.74 Å². The fourth-order valence-electron chi connectivity index (χ4n) is 3.01. The van der Waals surface area contributed by atoms with Crippen LogP contribution in [-0.2, 0) is 9.59 Å². The fourth-order valence-corrected chi connectivity index (χ4v) is 3.01. The highest BCUT2D eigenvalue weighted by atomic mass is 16.5. The number of carbonyl (C=O) groups excluding carboxylic acids is 2. The van der Waals surface area contributed by atoms with Gasteiger partial charge in [0.1, 0.15) is 11.8 Å². The van der Waals surface area contributed by atoms with Gasteiger partial charge in [-0.1, -0.05) is 32.0 Å². The van der Waals surface area contributed by atoms with Crippen LogP contribution in [0, 0.1) is 5.92 Å². The van der Waals surface area contributed by atoms with Crippen LogP contribution in [0.2, 0.25) is 0 Å². The van der Waals surface area contributed by atoms with E-state index < -0.39 is 0 Å². The molecule has 132 valence electrons. The lowest BCUT2D eigenvalue weighted by molar-refractivity contribution is -0.156. The highest BCUT2D eigenvalue weighted by Crippen LogP contribution is 2.20. The summed E-state index contributed by atoms with van der Waals surface area (Å²) in [7, 11) is 0. The maximum atomic E-state index is 12.6. The average molecular weight is 332 g/mol. The number of likely N-dealkylation sites (N-methyl/N-ethyl adjacent to an activating group) is 1. The van der Waals surface area contributed by atoms with Crippen molar-refractivity contribution >= 4 is 11.8 Å². The molecule has 0 aliphatic carbocycles. The molecule has 0 N–H and O–H groups in total. The van der Waals surface area contributed by atoms with Crippen molar-refractivity contribution < 1.29 is 14.3 Å². The second-order valence-electron chi connectivity index (χ2n) is 6.60. The Morgan fingerprint density at radius 3 is 2.54 bits per heavy atom. The number of para-hydroxylation sites is 1. The predicted octanol–water partition coefficient (Wildman–Crippen LogP) is 2.56. The zero-order valence-electron chi connectivity index (χ0n) is 14.9. The minimum atomic E-state index is -0.331. The van der Waals surface area contributed by atoms with Crippen molar-refractivity contribution in [3.05, 3.63) is 30.3 Å². The van der Waals surface area contributed by atoms with Gasteiger partial charge in [-0.25, -0.2) is 0 Å². The van der Waals surface area contributed by atoms with Gasteiger partial charge < -0.3 is 14.5 Å². The number of ether oxygens (including phenoxy) is 1. The van der Waals surface area contributed by atoms with E-state index in [-0.39, 0.29) is 24.4 Å². The van der Waals surface area contributed by atoms with Crippen LogP contribution in [0.1, 0.15) is 33.6 Å². The number of carbonyl (C=O) groups is 2. The largest absolute Gasteiger partial charge is 0.494 e. The van der Waals surface area contributed by atoms with Crippen LogP contribution in [0.15, 0.2) is 30.3 Å². The molecule has 0 spiro atoms. The van der Waals surface area contributed by atoms with E-state index in [2.05, 4.69) is 13.8 Å². The molecule has 2 amide bonds. The fraction of sp³-hybridized carbons (Fsp3) is 0.579. The average Bonchev–Trinajstić information content (AvgIpc) is 2.57. The van der Waals surface area contributed by atoms with Crippen LogP contribution < -0.4 is 4.74 Å². The number of nitrogens with zero attached hydrogens (tertiary/aromatic N) is 2. The summed E-state index contributed by atoms with van der Waals surface area (Å²) < 4.78 is 5.68. The van der Waals surface area contributed by atoms with Crippen molar-refractivity contribution in [2.45, 2.75) is 39.7 Å². The van der Waals surface area contributed by atoms with Gasteiger partial charge in [0.05, 0.1) is 13.2 Å². The maximum Gasteiger partial charge on any atom is 0.245 e. The normalized spacial score (nSPS) is 18.4. The van der Waals surface area contributed by atoms with E-state index in [1.54, 1.807) is 9.80 Å². The quantitative estimate of drug-likeness (QED) is 0.688. The smallest absolute Gasteiger partial charge is 0.245 e. The first-order valence-corrected chi connectivity index (χ1v) is 8.79. The van der Waals surface area contributed by atoms with E-state index in [0.717, 1.165) is 5.75 Å². The second kappa shape index (κ2) is 8.71. The van der Waals surface area contributed by atoms with Crippen LogP contribution >= 0.6 is 0 Å². The molecule has 1 aliphatic rings. The summed E-state index contributed by atoms with van der Waals surface area (Å²) >= 11 is 0. The molecule has 0 radical (unpaired) electrons. The summed E-state index contributed by atoms with van der Waals surface area (Å²) in [6, 6.07) is 9.30. The second-order valence-corrected chi connectivity index (χ2v) is 6.60. The summed E-state index contributed by atoms with van der Waals surface area (Å²) in [6.07, 6.45) is 1.43. The molecular formula is C19H28N2O3. The van der Waals surface area contributed by atoms with E-state index in [1.165, 1.54) is 0 Å². The number of benzene rings is 1. The van der Waals surface area contributed by atoms with Gasteiger partial charge in [0, 0.05) is 13.1 Å². The summed E-state index contributed by atoms with van der Waals surface area (Å²) in [4.78, 5) is 28.5. The van der Waals surface area contributed by atoms with Crippen molar-refractivity contribution in [2.75, 3.05) is 26.2 Å². The predicted molar refractivity (Wildman–Crippen MR) is 93.8 cm³/mol. The third-order valence-corrected chi connectivity index (χ3v) is 4.25. The van der Waals surface area contributed by atoms with Gasteiger partial charge in [-0.2, -0.15) is 0 Å². The SMILES string of the molecule is CCN1CC(=O)N(CCCOc2ccccc2)[C@@H](CC(C)C)C1=O. The lowest BCUT2D eigenvalue weighted by atomic mass is 9.98. The van der Waals surface area contributed by atoms with Gasteiger partial charge in [-0.15, -0.1) is 0 Å². The van der Waals surface area contributed by atoms with Gasteiger partial charge in [-0.3, -0.25) is 9.59 Å². The van der Waals surface area contributed by atoms with Crippen molar-refractivity contribution in [3.8, 4) is 5.75 Å². The lowest BCUT2D eigenvalue weighted by Gasteiger charge is -2.40. The van der Waals surface area contributed by atoms with Crippen LogP contribution in [0.3, 0.4) is 0 Å². The molecule has 1 saturated heterocycles. The molecule has 1 atom stereocenters. The minimum absolute atomic E-state index is 0.0433. The molecule has 1 heterocycles. The Hall–Kier alpha value is -2.04. The van der Waals surface area contributed by atoms with E-state index in [1.807, 2.05) is 37.3 Å². The molecule has 1 aliphatic heterocycles. The Morgan fingerprint density at radius 1 is 1.21 bits per heavy atom. The molecule has 1 aromatic carbocycles. The van der Waals surface area contributed by atoms with Gasteiger partial charge >= 0.3 is 0 Å². The van der Waals surface area contributed by atoms with Crippen LogP contribution in [0.5, 0.6) is 5.75 Å². The monoisotopic (exact) mass is 332 g/mol. The first kappa shape index (κ1) is 18.3. The Labute approximate surface area is 144 Å². The standard InChI is InChI=1S/C19H28N2O3/c1-4-20-14-18(22)21(17(19(20)23)13-15(2)3)11-8-12-24-16-9-6-5-7-10-16/h5-7,9-10,15,17H,4,8,11-14H2,1-3H3/t17-/m0/s1. The third kappa shape index (κ3) is 4.73. The highest BCUT2D eigenvalue weighted by molar-refractivity contribution is 5.94. The molecule has 2 rings (SSSR count). The molecule has 5 heteroatoms. The summed E-state index contributed by atoms with van der Waals surface area (Å²) in [5.41, 5.74) is 0. The number of rotatable bonds is 8. The van der Waals surface area contributed by atoms with Gasteiger partial charge in [-0.05, 0) is 37.8 Å². The molecule has 0 unspecified atom stereocenters. The summed E-state index contributed by atoms with van der Waals surface area (Å²) in [5.74, 6) is 1.32. The Kier molecular flexibility index (Phi) is 6.64. The van der Waals surface area contributed by atoms with Crippen LogP contribution in [-0.4, -0.2) is 53.9 Å². The molecule has 5 nitrogen and oxygen atoms in total. The minimum Gasteiger partial charge on any atom is -0.494 e. The molecule has 24 heavy (non-hydrogen) atoms. The number of hydrogen-bond acceptors (Lipinski definition) is 3. The first-order chi connectivity index (χ1) is 11.5. The van der Waals surface area contributed by atoms with Crippen molar-refractivity contribution in [3.63, 3.8) is 0 Å².